The highest BCUT2D eigenvalue weighted by atomic mass is 32.2. The molecule has 2 aromatic rings. The van der Waals surface area contributed by atoms with Crippen molar-refractivity contribution in [1.82, 2.24) is 0 Å². The summed E-state index contributed by atoms with van der Waals surface area (Å²) in [5.41, 5.74) is 0.298. The van der Waals surface area contributed by atoms with Crippen molar-refractivity contribution in [3.8, 4) is 5.75 Å². The van der Waals surface area contributed by atoms with E-state index in [9.17, 15) is 13.2 Å². The number of carbonyl (C=O) groups is 1. The number of carboxylic acids is 1. The molecule has 2 rings (SSSR count). The van der Waals surface area contributed by atoms with Crippen LogP contribution in [-0.2, 0) is 14.8 Å². The van der Waals surface area contributed by atoms with E-state index >= 15 is 0 Å². The molecule has 7 heteroatoms. The number of hydrogen-bond acceptors (Lipinski definition) is 4. The second-order valence-electron chi connectivity index (χ2n) is 4.80. The van der Waals surface area contributed by atoms with Crippen molar-refractivity contribution in [3.05, 3.63) is 54.6 Å². The van der Waals surface area contributed by atoms with Gasteiger partial charge in [-0.3, -0.25) is 4.72 Å². The summed E-state index contributed by atoms with van der Waals surface area (Å²) in [5.74, 6) is -0.782. The number of anilines is 1. The second kappa shape index (κ2) is 7.15. The molecule has 122 valence electrons. The van der Waals surface area contributed by atoms with E-state index in [1.54, 1.807) is 43.3 Å². The highest BCUT2D eigenvalue weighted by Gasteiger charge is 2.18. The van der Waals surface area contributed by atoms with Crippen LogP contribution in [0.25, 0.3) is 0 Å². The summed E-state index contributed by atoms with van der Waals surface area (Å²) in [7, 11) is -3.70. The smallest absolute Gasteiger partial charge is 0.344 e. The van der Waals surface area contributed by atoms with Gasteiger partial charge < -0.3 is 9.84 Å². The summed E-state index contributed by atoms with van der Waals surface area (Å²) in [6.45, 7) is 1.70. The van der Waals surface area contributed by atoms with Gasteiger partial charge >= 0.3 is 5.97 Å². The van der Waals surface area contributed by atoms with Crippen molar-refractivity contribution >= 4 is 21.7 Å². The lowest BCUT2D eigenvalue weighted by molar-refractivity contribution is -0.145. The molecule has 0 aliphatic heterocycles. The van der Waals surface area contributed by atoms with Gasteiger partial charge in [-0.15, -0.1) is 0 Å². The average molecular weight is 335 g/mol. The van der Waals surface area contributed by atoms with Gasteiger partial charge in [0.1, 0.15) is 5.75 Å². The predicted molar refractivity (Wildman–Crippen MR) is 86.0 cm³/mol. The zero-order chi connectivity index (χ0) is 16.9. The third kappa shape index (κ3) is 4.46. The van der Waals surface area contributed by atoms with Gasteiger partial charge in [0, 0.05) is 6.07 Å². The number of sulfonamides is 1. The summed E-state index contributed by atoms with van der Waals surface area (Å²) in [6.07, 6.45) is -0.675. The maximum absolute atomic E-state index is 12.3. The fourth-order valence-corrected chi connectivity index (χ4v) is 2.99. The summed E-state index contributed by atoms with van der Waals surface area (Å²) in [5, 5.41) is 9.00. The number of rotatable bonds is 7. The predicted octanol–water partition coefficient (Wildman–Crippen LogP) is 2.73. The molecule has 0 spiro atoms. The molecule has 2 N–H and O–H groups in total. The van der Waals surface area contributed by atoms with Crippen LogP contribution >= 0.6 is 0 Å². The maximum Gasteiger partial charge on any atom is 0.344 e. The number of hydrogen-bond donors (Lipinski definition) is 2. The van der Waals surface area contributed by atoms with Crippen molar-refractivity contribution in [1.29, 1.82) is 0 Å². The molecule has 0 radical (unpaired) electrons. The minimum atomic E-state index is -3.70. The van der Waals surface area contributed by atoms with Gasteiger partial charge in [0.05, 0.1) is 10.6 Å². The average Bonchev–Trinajstić information content (AvgIpc) is 2.53. The molecular weight excluding hydrogens is 318 g/mol. The summed E-state index contributed by atoms with van der Waals surface area (Å²) < 4.78 is 32.3. The minimum absolute atomic E-state index is 0.142. The van der Waals surface area contributed by atoms with Gasteiger partial charge in [-0.25, -0.2) is 13.2 Å². The largest absolute Gasteiger partial charge is 0.479 e. The Bertz CT molecular complexity index is 774. The molecule has 1 unspecified atom stereocenters. The Balaban J connectivity index is 2.19. The number of aliphatic carboxylic acids is 1. The number of nitrogens with one attached hydrogen (secondary N) is 1. The quantitative estimate of drug-likeness (QED) is 0.811. The van der Waals surface area contributed by atoms with Crippen molar-refractivity contribution in [2.45, 2.75) is 24.3 Å². The summed E-state index contributed by atoms with van der Waals surface area (Å²) in [4.78, 5) is 11.1. The lowest BCUT2D eigenvalue weighted by atomic mass is 10.2. The van der Waals surface area contributed by atoms with Gasteiger partial charge in [-0.2, -0.15) is 0 Å². The molecule has 0 fully saturated rings. The van der Waals surface area contributed by atoms with Gasteiger partial charge in [0.15, 0.2) is 6.10 Å². The molecule has 0 amide bonds. The first kappa shape index (κ1) is 16.8. The van der Waals surface area contributed by atoms with E-state index in [1.807, 2.05) is 0 Å². The lowest BCUT2D eigenvalue weighted by Crippen LogP contribution is -2.25. The van der Waals surface area contributed by atoms with E-state index in [0.29, 0.717) is 12.1 Å². The first-order valence-corrected chi connectivity index (χ1v) is 8.48. The normalized spacial score (nSPS) is 12.4. The zero-order valence-electron chi connectivity index (χ0n) is 12.5. The standard InChI is InChI=1S/C16H17NO5S/c1-2-15(16(18)19)22-13-8-6-7-12(11-13)17-23(20,21)14-9-4-3-5-10-14/h3-11,15,17H,2H2,1H3,(H,18,19). The lowest BCUT2D eigenvalue weighted by Gasteiger charge is -2.14. The number of benzene rings is 2. The van der Waals surface area contributed by atoms with Crippen molar-refractivity contribution in [2.24, 2.45) is 0 Å². The van der Waals surface area contributed by atoms with Crippen LogP contribution in [0.15, 0.2) is 59.5 Å². The van der Waals surface area contributed by atoms with Crippen LogP contribution in [0, 0.1) is 0 Å². The van der Waals surface area contributed by atoms with Crippen molar-refractivity contribution in [2.75, 3.05) is 4.72 Å². The molecule has 0 bridgehead atoms. The van der Waals surface area contributed by atoms with E-state index < -0.39 is 22.1 Å². The Morgan fingerprint density at radius 3 is 2.48 bits per heavy atom. The Kier molecular flexibility index (Phi) is 5.23. The third-order valence-electron chi connectivity index (χ3n) is 3.06. The van der Waals surface area contributed by atoms with Crippen molar-refractivity contribution in [3.63, 3.8) is 0 Å². The molecule has 0 aliphatic carbocycles. The third-order valence-corrected chi connectivity index (χ3v) is 4.46. The summed E-state index contributed by atoms with van der Waals surface area (Å²) >= 11 is 0. The highest BCUT2D eigenvalue weighted by Crippen LogP contribution is 2.22. The molecule has 2 aromatic carbocycles. The van der Waals surface area contributed by atoms with Crippen LogP contribution in [0.3, 0.4) is 0 Å². The van der Waals surface area contributed by atoms with Crippen LogP contribution in [-0.4, -0.2) is 25.6 Å². The Morgan fingerprint density at radius 2 is 1.87 bits per heavy atom. The fourth-order valence-electron chi connectivity index (χ4n) is 1.92. The molecule has 1 atom stereocenters. The SMILES string of the molecule is CCC(Oc1cccc(NS(=O)(=O)c2ccccc2)c1)C(=O)O. The highest BCUT2D eigenvalue weighted by molar-refractivity contribution is 7.92. The van der Waals surface area contributed by atoms with Gasteiger partial charge in [-0.1, -0.05) is 31.2 Å². The number of ether oxygens (including phenoxy) is 1. The first-order valence-electron chi connectivity index (χ1n) is 7.00. The minimum Gasteiger partial charge on any atom is -0.479 e. The van der Waals surface area contributed by atoms with E-state index in [-0.39, 0.29) is 10.6 Å². The van der Waals surface area contributed by atoms with E-state index in [1.165, 1.54) is 18.2 Å². The Morgan fingerprint density at radius 1 is 1.17 bits per heavy atom. The zero-order valence-corrected chi connectivity index (χ0v) is 13.3. The Labute approximate surface area is 134 Å². The van der Waals surface area contributed by atoms with E-state index in [4.69, 9.17) is 9.84 Å². The van der Waals surface area contributed by atoms with E-state index in [0.717, 1.165) is 0 Å². The maximum atomic E-state index is 12.3. The molecule has 0 saturated heterocycles. The molecule has 0 saturated carbocycles. The van der Waals surface area contributed by atoms with E-state index in [2.05, 4.69) is 4.72 Å². The van der Waals surface area contributed by atoms with Crippen molar-refractivity contribution < 1.29 is 23.1 Å². The molecule has 23 heavy (non-hydrogen) atoms. The van der Waals surface area contributed by atoms with Crippen LogP contribution in [0.2, 0.25) is 0 Å². The van der Waals surface area contributed by atoms with Gasteiger partial charge in [0.2, 0.25) is 0 Å². The topological polar surface area (TPSA) is 92.7 Å². The van der Waals surface area contributed by atoms with Crippen LogP contribution in [0.5, 0.6) is 5.75 Å². The van der Waals surface area contributed by atoms with Gasteiger partial charge in [-0.05, 0) is 30.7 Å². The monoisotopic (exact) mass is 335 g/mol. The Hall–Kier alpha value is -2.54. The molecule has 0 aromatic heterocycles. The molecular formula is C16H17NO5S. The summed E-state index contributed by atoms with van der Waals surface area (Å²) in [6, 6.07) is 14.1. The van der Waals surface area contributed by atoms with Crippen LogP contribution < -0.4 is 9.46 Å². The second-order valence-corrected chi connectivity index (χ2v) is 6.48. The van der Waals surface area contributed by atoms with Crippen LogP contribution in [0.4, 0.5) is 5.69 Å². The fraction of sp³-hybridized carbons (Fsp3) is 0.188. The number of carboxylic acid groups (broad SMARTS) is 1. The van der Waals surface area contributed by atoms with Crippen LogP contribution in [0.1, 0.15) is 13.3 Å². The molecule has 0 aliphatic rings. The van der Waals surface area contributed by atoms with Gasteiger partial charge in [0.25, 0.3) is 10.0 Å². The molecule has 0 heterocycles. The molecule has 6 nitrogen and oxygen atoms in total. The first-order chi connectivity index (χ1) is 10.9.